The summed E-state index contributed by atoms with van der Waals surface area (Å²) in [6, 6.07) is 3.69. The first-order chi connectivity index (χ1) is 9.91. The Labute approximate surface area is 126 Å². The molecule has 1 N–H and O–H groups in total. The molecule has 1 aromatic carbocycles. The maximum absolute atomic E-state index is 13.2. The fourth-order valence-corrected chi connectivity index (χ4v) is 3.51. The summed E-state index contributed by atoms with van der Waals surface area (Å²) >= 11 is 0. The maximum Gasteiger partial charge on any atom is 0.126 e. The minimum Gasteiger partial charge on any atom is -0.311 e. The second-order valence-electron chi connectivity index (χ2n) is 6.70. The highest BCUT2D eigenvalue weighted by Crippen LogP contribution is 2.35. The van der Waals surface area contributed by atoms with Gasteiger partial charge in [-0.3, -0.25) is 0 Å². The van der Waals surface area contributed by atoms with E-state index in [0.717, 1.165) is 18.5 Å². The number of likely N-dealkylation sites (N-methyl/N-ethyl adjacent to an activating group) is 1. The molecule has 118 valence electrons. The lowest BCUT2D eigenvalue weighted by Gasteiger charge is -2.45. The summed E-state index contributed by atoms with van der Waals surface area (Å²) in [6.45, 7) is 3.65. The van der Waals surface area contributed by atoms with Crippen LogP contribution in [0.3, 0.4) is 0 Å². The highest BCUT2D eigenvalue weighted by Gasteiger charge is 2.36. The van der Waals surface area contributed by atoms with Crippen molar-refractivity contribution in [1.29, 1.82) is 0 Å². The standard InChI is InChI=1S/C17H26F2N2/c1-13-5-4-6-17(10-13,21(2)3)12-20-11-14-7-15(18)9-16(19)8-14/h7-9,13,20H,4-6,10-12H2,1-3H3. The van der Waals surface area contributed by atoms with Gasteiger partial charge in [0.05, 0.1) is 0 Å². The van der Waals surface area contributed by atoms with E-state index in [1.165, 1.54) is 37.8 Å². The second-order valence-corrected chi connectivity index (χ2v) is 6.70. The zero-order chi connectivity index (χ0) is 15.5. The van der Waals surface area contributed by atoms with Crippen molar-refractivity contribution in [3.63, 3.8) is 0 Å². The molecule has 0 bridgehead atoms. The van der Waals surface area contributed by atoms with Gasteiger partial charge in [0.2, 0.25) is 0 Å². The second kappa shape index (κ2) is 6.84. The molecule has 4 heteroatoms. The molecule has 0 radical (unpaired) electrons. The lowest BCUT2D eigenvalue weighted by Crippen LogP contribution is -2.54. The first-order valence-corrected chi connectivity index (χ1v) is 7.74. The predicted molar refractivity (Wildman–Crippen MR) is 82.1 cm³/mol. The normalized spacial score (nSPS) is 26.3. The number of rotatable bonds is 5. The fourth-order valence-electron chi connectivity index (χ4n) is 3.51. The van der Waals surface area contributed by atoms with Crippen LogP contribution in [0.25, 0.3) is 0 Å². The largest absolute Gasteiger partial charge is 0.311 e. The van der Waals surface area contributed by atoms with E-state index >= 15 is 0 Å². The van der Waals surface area contributed by atoms with Crippen LogP contribution in [0.2, 0.25) is 0 Å². The number of nitrogens with zero attached hydrogens (tertiary/aromatic N) is 1. The Morgan fingerprint density at radius 2 is 1.90 bits per heavy atom. The Kier molecular flexibility index (Phi) is 5.33. The van der Waals surface area contributed by atoms with Gasteiger partial charge in [0, 0.05) is 24.7 Å². The number of hydrogen-bond donors (Lipinski definition) is 1. The van der Waals surface area contributed by atoms with Crippen molar-refractivity contribution >= 4 is 0 Å². The number of nitrogens with one attached hydrogen (secondary N) is 1. The molecule has 1 fully saturated rings. The smallest absolute Gasteiger partial charge is 0.126 e. The van der Waals surface area contributed by atoms with E-state index in [4.69, 9.17) is 0 Å². The number of halogens is 2. The summed E-state index contributed by atoms with van der Waals surface area (Å²) < 4.78 is 26.4. The molecule has 1 saturated carbocycles. The van der Waals surface area contributed by atoms with Crippen LogP contribution in [0, 0.1) is 17.6 Å². The van der Waals surface area contributed by atoms with Crippen LogP contribution in [-0.2, 0) is 6.54 Å². The van der Waals surface area contributed by atoms with E-state index in [2.05, 4.69) is 31.2 Å². The van der Waals surface area contributed by atoms with Crippen LogP contribution < -0.4 is 5.32 Å². The Morgan fingerprint density at radius 3 is 2.48 bits per heavy atom. The summed E-state index contributed by atoms with van der Waals surface area (Å²) in [4.78, 5) is 2.31. The van der Waals surface area contributed by atoms with Gasteiger partial charge in [-0.2, -0.15) is 0 Å². The third kappa shape index (κ3) is 4.24. The van der Waals surface area contributed by atoms with Crippen LogP contribution in [0.1, 0.15) is 38.2 Å². The third-order valence-electron chi connectivity index (χ3n) is 4.72. The number of hydrogen-bond acceptors (Lipinski definition) is 2. The summed E-state index contributed by atoms with van der Waals surface area (Å²) in [6.07, 6.45) is 4.89. The van der Waals surface area contributed by atoms with E-state index in [1.54, 1.807) is 0 Å². The molecule has 0 saturated heterocycles. The van der Waals surface area contributed by atoms with Gasteiger partial charge in [-0.25, -0.2) is 8.78 Å². The van der Waals surface area contributed by atoms with Crippen molar-refractivity contribution in [1.82, 2.24) is 10.2 Å². The minimum absolute atomic E-state index is 0.156. The molecule has 0 amide bonds. The van der Waals surface area contributed by atoms with E-state index in [0.29, 0.717) is 12.1 Å². The van der Waals surface area contributed by atoms with E-state index in [9.17, 15) is 8.78 Å². The average Bonchev–Trinajstić information content (AvgIpc) is 2.37. The quantitative estimate of drug-likeness (QED) is 0.893. The minimum atomic E-state index is -0.514. The van der Waals surface area contributed by atoms with Crippen LogP contribution in [-0.4, -0.2) is 31.1 Å². The Bertz CT molecular complexity index is 456. The molecule has 0 aromatic heterocycles. The molecule has 2 unspecified atom stereocenters. The first kappa shape index (κ1) is 16.4. The van der Waals surface area contributed by atoms with Crippen molar-refractivity contribution in [3.8, 4) is 0 Å². The van der Waals surface area contributed by atoms with E-state index in [1.807, 2.05) is 0 Å². The van der Waals surface area contributed by atoms with E-state index < -0.39 is 11.6 Å². The fraction of sp³-hybridized carbons (Fsp3) is 0.647. The first-order valence-electron chi connectivity index (χ1n) is 7.74. The Hall–Kier alpha value is -1.00. The predicted octanol–water partition coefficient (Wildman–Crippen LogP) is 3.56. The summed E-state index contributed by atoms with van der Waals surface area (Å²) in [5, 5.41) is 3.39. The van der Waals surface area contributed by atoms with Crippen molar-refractivity contribution in [2.24, 2.45) is 5.92 Å². The van der Waals surface area contributed by atoms with Crippen molar-refractivity contribution in [2.45, 2.75) is 44.7 Å². The molecule has 21 heavy (non-hydrogen) atoms. The highest BCUT2D eigenvalue weighted by atomic mass is 19.1. The molecule has 1 aromatic rings. The maximum atomic E-state index is 13.2. The van der Waals surface area contributed by atoms with Gasteiger partial charge in [-0.1, -0.05) is 19.8 Å². The molecule has 0 heterocycles. The topological polar surface area (TPSA) is 15.3 Å². The molecule has 0 aliphatic heterocycles. The lowest BCUT2D eigenvalue weighted by atomic mass is 9.75. The van der Waals surface area contributed by atoms with Crippen LogP contribution in [0.4, 0.5) is 8.78 Å². The monoisotopic (exact) mass is 296 g/mol. The highest BCUT2D eigenvalue weighted by molar-refractivity contribution is 5.17. The lowest BCUT2D eigenvalue weighted by molar-refractivity contribution is 0.0749. The molecule has 1 aliphatic rings. The molecule has 0 spiro atoms. The third-order valence-corrected chi connectivity index (χ3v) is 4.72. The molecule has 2 nitrogen and oxygen atoms in total. The zero-order valence-corrected chi connectivity index (χ0v) is 13.3. The molecular weight excluding hydrogens is 270 g/mol. The Balaban J connectivity index is 1.96. The molecular formula is C17H26F2N2. The average molecular weight is 296 g/mol. The van der Waals surface area contributed by atoms with Gasteiger partial charge in [0.1, 0.15) is 11.6 Å². The summed E-state index contributed by atoms with van der Waals surface area (Å²) in [5.74, 6) is -0.296. The van der Waals surface area contributed by atoms with Crippen LogP contribution in [0.15, 0.2) is 18.2 Å². The van der Waals surface area contributed by atoms with Crippen molar-refractivity contribution in [2.75, 3.05) is 20.6 Å². The molecule has 2 rings (SSSR count). The molecule has 1 aliphatic carbocycles. The SMILES string of the molecule is CC1CCCC(CNCc2cc(F)cc(F)c2)(N(C)C)C1. The van der Waals surface area contributed by atoms with Gasteiger partial charge in [0.25, 0.3) is 0 Å². The van der Waals surface area contributed by atoms with Crippen molar-refractivity contribution < 1.29 is 8.78 Å². The van der Waals surface area contributed by atoms with Gasteiger partial charge < -0.3 is 10.2 Å². The van der Waals surface area contributed by atoms with Crippen LogP contribution in [0.5, 0.6) is 0 Å². The van der Waals surface area contributed by atoms with Crippen molar-refractivity contribution in [3.05, 3.63) is 35.4 Å². The van der Waals surface area contributed by atoms with E-state index in [-0.39, 0.29) is 5.54 Å². The summed E-state index contributed by atoms with van der Waals surface area (Å²) in [7, 11) is 4.25. The van der Waals surface area contributed by atoms with Gasteiger partial charge in [-0.05, 0) is 50.6 Å². The van der Waals surface area contributed by atoms with Gasteiger partial charge in [-0.15, -0.1) is 0 Å². The van der Waals surface area contributed by atoms with Gasteiger partial charge >= 0.3 is 0 Å². The zero-order valence-electron chi connectivity index (χ0n) is 13.3. The molecule has 2 atom stereocenters. The number of benzene rings is 1. The Morgan fingerprint density at radius 1 is 1.24 bits per heavy atom. The summed E-state index contributed by atoms with van der Waals surface area (Å²) in [5.41, 5.74) is 0.814. The van der Waals surface area contributed by atoms with Crippen LogP contribution >= 0.6 is 0 Å². The van der Waals surface area contributed by atoms with Gasteiger partial charge in [0.15, 0.2) is 0 Å².